The Morgan fingerprint density at radius 2 is 1.92 bits per heavy atom. The van der Waals surface area contributed by atoms with Gasteiger partial charge in [-0.3, -0.25) is 4.79 Å². The number of aromatic hydroxyl groups is 1. The van der Waals surface area contributed by atoms with Crippen LogP contribution in [0.25, 0.3) is 10.8 Å². The van der Waals surface area contributed by atoms with Crippen LogP contribution in [0.5, 0.6) is 11.5 Å². The summed E-state index contributed by atoms with van der Waals surface area (Å²) in [5.41, 5.74) is 4.14. The number of methoxy groups -OCH3 is 1. The van der Waals surface area contributed by atoms with Gasteiger partial charge in [0.25, 0.3) is 0 Å². The molecule has 25 heavy (non-hydrogen) atoms. The van der Waals surface area contributed by atoms with Gasteiger partial charge in [-0.15, -0.1) is 0 Å². The molecule has 5 heteroatoms. The molecule has 0 aliphatic rings. The predicted molar refractivity (Wildman–Crippen MR) is 98.0 cm³/mol. The zero-order valence-electron chi connectivity index (χ0n) is 13.8. The predicted octanol–water partition coefficient (Wildman–Crippen LogP) is 3.25. The van der Waals surface area contributed by atoms with Crippen LogP contribution in [0.2, 0.25) is 0 Å². The topological polar surface area (TPSA) is 70.9 Å². The number of nitrogens with zero attached hydrogens (tertiary/aromatic N) is 1. The first-order valence-corrected chi connectivity index (χ1v) is 7.82. The number of amides is 1. The largest absolute Gasteiger partial charge is 0.504 e. The van der Waals surface area contributed by atoms with Crippen LogP contribution in [0.3, 0.4) is 0 Å². The van der Waals surface area contributed by atoms with E-state index in [2.05, 4.69) is 10.5 Å². The zero-order valence-corrected chi connectivity index (χ0v) is 13.8. The normalized spacial score (nSPS) is 10.9. The molecule has 3 rings (SSSR count). The zero-order chi connectivity index (χ0) is 17.6. The molecule has 1 amide bonds. The maximum Gasteiger partial charge on any atom is 0.244 e. The molecule has 0 aliphatic carbocycles. The molecule has 0 saturated carbocycles. The molecule has 0 heterocycles. The van der Waals surface area contributed by atoms with Crippen LogP contribution in [0.15, 0.2) is 65.8 Å². The standard InChI is InChI=1S/C20H18N2O3/c1-25-19-11-15(7-9-18(19)23)13-21-22-20(24)12-14-6-8-16-4-2-3-5-17(16)10-14/h2-11,13,23H,12H2,1H3,(H,22,24)/b21-13-. The molecule has 3 aromatic rings. The summed E-state index contributed by atoms with van der Waals surface area (Å²) in [4.78, 5) is 12.0. The van der Waals surface area contributed by atoms with E-state index in [0.29, 0.717) is 11.3 Å². The molecule has 5 nitrogen and oxygen atoms in total. The van der Waals surface area contributed by atoms with Gasteiger partial charge in [0.2, 0.25) is 5.91 Å². The first kappa shape index (κ1) is 16.5. The lowest BCUT2D eigenvalue weighted by Gasteiger charge is -2.04. The number of hydrogen-bond donors (Lipinski definition) is 2. The number of rotatable bonds is 5. The molecule has 0 saturated heterocycles. The molecule has 126 valence electrons. The van der Waals surface area contributed by atoms with E-state index in [9.17, 15) is 9.90 Å². The third-order valence-electron chi connectivity index (χ3n) is 3.79. The Bertz CT molecular complexity index is 935. The van der Waals surface area contributed by atoms with E-state index in [1.165, 1.54) is 19.4 Å². The molecule has 0 aliphatic heterocycles. The molecule has 0 atom stereocenters. The Kier molecular flexibility index (Phi) is 4.95. The molecule has 3 aromatic carbocycles. The first-order chi connectivity index (χ1) is 12.2. The lowest BCUT2D eigenvalue weighted by Crippen LogP contribution is -2.19. The number of phenolic OH excluding ortho intramolecular Hbond substituents is 1. The maximum absolute atomic E-state index is 12.0. The average Bonchev–Trinajstić information content (AvgIpc) is 2.63. The van der Waals surface area contributed by atoms with Gasteiger partial charge < -0.3 is 9.84 Å². The summed E-state index contributed by atoms with van der Waals surface area (Å²) in [6.07, 6.45) is 1.75. The molecule has 0 spiro atoms. The van der Waals surface area contributed by atoms with Gasteiger partial charge in [-0.05, 0) is 40.1 Å². The Labute approximate surface area is 145 Å². The van der Waals surface area contributed by atoms with Crippen molar-refractivity contribution in [3.8, 4) is 11.5 Å². The second-order valence-electron chi connectivity index (χ2n) is 5.58. The third-order valence-corrected chi connectivity index (χ3v) is 3.79. The van der Waals surface area contributed by atoms with Crippen LogP contribution in [0.1, 0.15) is 11.1 Å². The van der Waals surface area contributed by atoms with Crippen molar-refractivity contribution in [2.24, 2.45) is 5.10 Å². The van der Waals surface area contributed by atoms with Gasteiger partial charge in [-0.25, -0.2) is 5.43 Å². The van der Waals surface area contributed by atoms with E-state index in [1.54, 1.807) is 12.1 Å². The fourth-order valence-corrected chi connectivity index (χ4v) is 2.53. The number of nitrogens with one attached hydrogen (secondary N) is 1. The molecule has 0 unspecified atom stereocenters. The van der Waals surface area contributed by atoms with Crippen LogP contribution in [-0.4, -0.2) is 24.3 Å². The highest BCUT2D eigenvalue weighted by molar-refractivity contribution is 5.86. The Balaban J connectivity index is 1.62. The van der Waals surface area contributed by atoms with Gasteiger partial charge in [0.15, 0.2) is 11.5 Å². The number of fused-ring (bicyclic) bond motifs is 1. The molecule has 0 aromatic heterocycles. The van der Waals surface area contributed by atoms with Crippen molar-refractivity contribution in [1.82, 2.24) is 5.43 Å². The monoisotopic (exact) mass is 334 g/mol. The fraction of sp³-hybridized carbons (Fsp3) is 0.100. The van der Waals surface area contributed by atoms with Crippen molar-refractivity contribution in [2.45, 2.75) is 6.42 Å². The molecule has 2 N–H and O–H groups in total. The molecule has 0 bridgehead atoms. The lowest BCUT2D eigenvalue weighted by atomic mass is 10.1. The number of benzene rings is 3. The van der Waals surface area contributed by atoms with Gasteiger partial charge in [0.1, 0.15) is 0 Å². The maximum atomic E-state index is 12.0. The summed E-state index contributed by atoms with van der Waals surface area (Å²) < 4.78 is 5.03. The van der Waals surface area contributed by atoms with Crippen molar-refractivity contribution in [1.29, 1.82) is 0 Å². The number of hydrazone groups is 1. The van der Waals surface area contributed by atoms with E-state index in [1.807, 2.05) is 42.5 Å². The number of carbonyl (C=O) groups is 1. The second-order valence-corrected chi connectivity index (χ2v) is 5.58. The molecule has 0 radical (unpaired) electrons. The van der Waals surface area contributed by atoms with Gasteiger partial charge in [0, 0.05) is 0 Å². The molecule has 0 fully saturated rings. The average molecular weight is 334 g/mol. The van der Waals surface area contributed by atoms with E-state index in [-0.39, 0.29) is 18.1 Å². The highest BCUT2D eigenvalue weighted by atomic mass is 16.5. The fourth-order valence-electron chi connectivity index (χ4n) is 2.53. The van der Waals surface area contributed by atoms with Crippen molar-refractivity contribution in [3.63, 3.8) is 0 Å². The van der Waals surface area contributed by atoms with Crippen LogP contribution in [0.4, 0.5) is 0 Å². The lowest BCUT2D eigenvalue weighted by molar-refractivity contribution is -0.120. The Morgan fingerprint density at radius 3 is 2.72 bits per heavy atom. The van der Waals surface area contributed by atoms with Gasteiger partial charge in [-0.2, -0.15) is 5.10 Å². The first-order valence-electron chi connectivity index (χ1n) is 7.82. The summed E-state index contributed by atoms with van der Waals surface area (Å²) in [5, 5.41) is 15.7. The highest BCUT2D eigenvalue weighted by Crippen LogP contribution is 2.25. The minimum Gasteiger partial charge on any atom is -0.504 e. The van der Waals surface area contributed by atoms with E-state index in [4.69, 9.17) is 4.74 Å². The minimum absolute atomic E-state index is 0.0555. The molecular formula is C20H18N2O3. The van der Waals surface area contributed by atoms with E-state index < -0.39 is 0 Å². The van der Waals surface area contributed by atoms with Crippen LogP contribution in [-0.2, 0) is 11.2 Å². The smallest absolute Gasteiger partial charge is 0.244 e. The Morgan fingerprint density at radius 1 is 1.12 bits per heavy atom. The summed E-state index contributed by atoms with van der Waals surface area (Å²) >= 11 is 0. The Hall–Kier alpha value is -3.34. The van der Waals surface area contributed by atoms with Crippen molar-refractivity contribution in [3.05, 3.63) is 71.8 Å². The summed E-state index contributed by atoms with van der Waals surface area (Å²) in [6.45, 7) is 0. The third kappa shape index (κ3) is 4.14. The van der Waals surface area contributed by atoms with Crippen LogP contribution in [0, 0.1) is 0 Å². The summed E-state index contributed by atoms with van der Waals surface area (Å²) in [7, 11) is 1.47. The van der Waals surface area contributed by atoms with Crippen molar-refractivity contribution < 1.29 is 14.6 Å². The quantitative estimate of drug-likeness (QED) is 0.556. The van der Waals surface area contributed by atoms with E-state index in [0.717, 1.165) is 16.3 Å². The van der Waals surface area contributed by atoms with E-state index >= 15 is 0 Å². The highest BCUT2D eigenvalue weighted by Gasteiger charge is 2.04. The van der Waals surface area contributed by atoms with Crippen molar-refractivity contribution >= 4 is 22.9 Å². The van der Waals surface area contributed by atoms with Crippen LogP contribution < -0.4 is 10.2 Å². The van der Waals surface area contributed by atoms with Gasteiger partial charge in [0.05, 0.1) is 19.7 Å². The SMILES string of the molecule is COc1cc(/C=N\NC(=O)Cc2ccc3ccccc3c2)ccc1O. The van der Waals surface area contributed by atoms with Gasteiger partial charge >= 0.3 is 0 Å². The van der Waals surface area contributed by atoms with Crippen LogP contribution >= 0.6 is 0 Å². The minimum atomic E-state index is -0.197. The number of hydrogen-bond acceptors (Lipinski definition) is 4. The number of ether oxygens (including phenoxy) is 1. The van der Waals surface area contributed by atoms with Gasteiger partial charge in [-0.1, -0.05) is 42.5 Å². The number of phenols is 1. The summed E-state index contributed by atoms with van der Waals surface area (Å²) in [6, 6.07) is 18.8. The molecular weight excluding hydrogens is 316 g/mol. The number of carbonyl (C=O) groups excluding carboxylic acids is 1. The van der Waals surface area contributed by atoms with Crippen molar-refractivity contribution in [2.75, 3.05) is 7.11 Å². The summed E-state index contributed by atoms with van der Waals surface area (Å²) in [5.74, 6) is 0.212. The second kappa shape index (κ2) is 7.49.